The normalized spacial score (nSPS) is 14.0. The highest BCUT2D eigenvalue weighted by molar-refractivity contribution is 5.85. The van der Waals surface area contributed by atoms with Crippen LogP contribution in [0, 0.1) is 11.3 Å². The van der Waals surface area contributed by atoms with Gasteiger partial charge in [0.05, 0.1) is 6.20 Å². The summed E-state index contributed by atoms with van der Waals surface area (Å²) in [6.07, 6.45) is 2.24. The van der Waals surface area contributed by atoms with Crippen LogP contribution in [0.15, 0.2) is 30.6 Å². The molecule has 0 radical (unpaired) electrons. The number of nitriles is 1. The van der Waals surface area contributed by atoms with E-state index in [9.17, 15) is 18.8 Å². The van der Waals surface area contributed by atoms with Crippen LogP contribution >= 0.6 is 0 Å². The molecule has 0 aliphatic carbocycles. The third kappa shape index (κ3) is 5.47. The maximum atomic E-state index is 14.3. The van der Waals surface area contributed by atoms with Crippen molar-refractivity contribution in [3.05, 3.63) is 41.9 Å². The molecule has 0 fully saturated rings. The van der Waals surface area contributed by atoms with Crippen LogP contribution in [0.5, 0.6) is 11.5 Å². The van der Waals surface area contributed by atoms with Crippen molar-refractivity contribution in [3.63, 3.8) is 0 Å². The number of imidazole rings is 1. The zero-order chi connectivity index (χ0) is 28.4. The van der Waals surface area contributed by atoms with Gasteiger partial charge >= 0.3 is 6.09 Å². The number of rotatable bonds is 8. The number of pyridine rings is 2. The number of nitrogens with zero attached hydrogens (tertiary/aromatic N) is 8. The minimum absolute atomic E-state index is 0.146. The lowest BCUT2D eigenvalue weighted by Gasteiger charge is -2.22. The number of aromatic nitrogens is 6. The standard InChI is InChI=1S/C25H26F2N10O3/c1-35(2)9-10-39-24(38)32-19-11-15(5-7-29-19)40-17-14-30-22-21(16(17)13-28)36(3)23(33-22)31-20-12-18-25(26,27)6-4-8-37(18)34-20/h5,7,11-12,14H,4,6,8-10H2,1-3H3,(H,29,32,38)(H,30,31,33,34). The van der Waals surface area contributed by atoms with Gasteiger partial charge in [0.25, 0.3) is 5.92 Å². The molecule has 208 valence electrons. The second kappa shape index (κ2) is 10.7. The molecule has 40 heavy (non-hydrogen) atoms. The van der Waals surface area contributed by atoms with Crippen molar-refractivity contribution in [2.75, 3.05) is 37.9 Å². The minimum atomic E-state index is -2.95. The van der Waals surface area contributed by atoms with Crippen molar-refractivity contribution in [3.8, 4) is 17.6 Å². The van der Waals surface area contributed by atoms with Crippen LogP contribution in [0.4, 0.5) is 31.2 Å². The number of nitrogens with one attached hydrogen (secondary N) is 2. The number of hydrogen-bond donors (Lipinski definition) is 2. The van der Waals surface area contributed by atoms with Crippen molar-refractivity contribution in [2.24, 2.45) is 7.05 Å². The molecule has 0 spiro atoms. The van der Waals surface area contributed by atoms with Gasteiger partial charge in [0.2, 0.25) is 5.95 Å². The zero-order valence-electron chi connectivity index (χ0n) is 22.0. The molecule has 1 amide bonds. The topological polar surface area (TPSA) is 148 Å². The van der Waals surface area contributed by atoms with E-state index < -0.39 is 12.0 Å². The summed E-state index contributed by atoms with van der Waals surface area (Å²) in [5.74, 6) is -1.84. The highest BCUT2D eigenvalue weighted by Crippen LogP contribution is 2.38. The third-order valence-electron chi connectivity index (χ3n) is 6.19. The molecule has 5 rings (SSSR count). The van der Waals surface area contributed by atoms with E-state index in [1.165, 1.54) is 29.2 Å². The lowest BCUT2D eigenvalue weighted by molar-refractivity contribution is -0.0364. The van der Waals surface area contributed by atoms with Crippen LogP contribution in [0.3, 0.4) is 0 Å². The van der Waals surface area contributed by atoms with Gasteiger partial charge in [-0.1, -0.05) is 0 Å². The third-order valence-corrected chi connectivity index (χ3v) is 6.19. The van der Waals surface area contributed by atoms with Crippen molar-refractivity contribution >= 4 is 34.8 Å². The molecule has 0 atom stereocenters. The van der Waals surface area contributed by atoms with Crippen molar-refractivity contribution < 1.29 is 23.0 Å². The first-order chi connectivity index (χ1) is 19.1. The number of carbonyl (C=O) groups is 1. The lowest BCUT2D eigenvalue weighted by atomic mass is 10.1. The lowest BCUT2D eigenvalue weighted by Crippen LogP contribution is -2.25. The fourth-order valence-corrected chi connectivity index (χ4v) is 4.22. The summed E-state index contributed by atoms with van der Waals surface area (Å²) < 4.78 is 42.5. The van der Waals surface area contributed by atoms with Crippen LogP contribution in [0.1, 0.15) is 24.1 Å². The van der Waals surface area contributed by atoms with E-state index in [-0.39, 0.29) is 53.3 Å². The number of aryl methyl sites for hydroxylation is 2. The summed E-state index contributed by atoms with van der Waals surface area (Å²) in [6.45, 7) is 1.19. The van der Waals surface area contributed by atoms with Crippen LogP contribution in [0.25, 0.3) is 11.2 Å². The van der Waals surface area contributed by atoms with Gasteiger partial charge in [-0.2, -0.15) is 24.1 Å². The molecule has 0 saturated heterocycles. The molecule has 1 aliphatic rings. The molecule has 0 saturated carbocycles. The molecule has 4 aromatic rings. The van der Waals surface area contributed by atoms with Gasteiger partial charge in [-0.05, 0) is 26.6 Å². The van der Waals surface area contributed by atoms with E-state index in [4.69, 9.17) is 9.47 Å². The summed E-state index contributed by atoms with van der Waals surface area (Å²) in [7, 11) is 5.39. The Bertz CT molecular complexity index is 1610. The monoisotopic (exact) mass is 552 g/mol. The Morgan fingerprint density at radius 2 is 2.10 bits per heavy atom. The second-order valence-corrected chi connectivity index (χ2v) is 9.39. The summed E-state index contributed by atoms with van der Waals surface area (Å²) in [6, 6.07) is 6.46. The first-order valence-corrected chi connectivity index (χ1v) is 12.4. The quantitative estimate of drug-likeness (QED) is 0.329. The molecule has 15 heteroatoms. The number of halogens is 2. The molecular weight excluding hydrogens is 526 g/mol. The second-order valence-electron chi connectivity index (χ2n) is 9.39. The fraction of sp³-hybridized carbons (Fsp3) is 0.360. The summed E-state index contributed by atoms with van der Waals surface area (Å²) >= 11 is 0. The fourth-order valence-electron chi connectivity index (χ4n) is 4.22. The average Bonchev–Trinajstić information content (AvgIpc) is 3.46. The zero-order valence-corrected chi connectivity index (χ0v) is 22.0. The highest BCUT2D eigenvalue weighted by atomic mass is 19.3. The number of fused-ring (bicyclic) bond motifs is 2. The Hall–Kier alpha value is -4.84. The van der Waals surface area contributed by atoms with Gasteiger partial charge in [-0.25, -0.2) is 14.8 Å². The number of alkyl halides is 2. The Morgan fingerprint density at radius 1 is 1.27 bits per heavy atom. The van der Waals surface area contributed by atoms with Crippen LogP contribution < -0.4 is 15.4 Å². The molecule has 13 nitrogen and oxygen atoms in total. The predicted molar refractivity (Wildman–Crippen MR) is 140 cm³/mol. The van der Waals surface area contributed by atoms with Gasteiger partial charge in [0.1, 0.15) is 41.0 Å². The first-order valence-electron chi connectivity index (χ1n) is 12.4. The largest absolute Gasteiger partial charge is 0.454 e. The van der Waals surface area contributed by atoms with Crippen LogP contribution in [-0.2, 0) is 24.3 Å². The maximum absolute atomic E-state index is 14.3. The van der Waals surface area contributed by atoms with E-state index in [2.05, 4.69) is 36.8 Å². The summed E-state index contributed by atoms with van der Waals surface area (Å²) in [5.41, 5.74) is 0.618. The molecule has 0 unspecified atom stereocenters. The van der Waals surface area contributed by atoms with Crippen molar-refractivity contribution in [1.82, 2.24) is 34.2 Å². The SMILES string of the molecule is CN(C)CCOC(=O)Nc1cc(Oc2cnc3nc(Nc4cc5n(n4)CCCC5(F)F)n(C)c3c2C#N)ccn1. The van der Waals surface area contributed by atoms with Gasteiger partial charge in [0.15, 0.2) is 17.2 Å². The smallest absolute Gasteiger partial charge is 0.412 e. The molecule has 0 bridgehead atoms. The van der Waals surface area contributed by atoms with E-state index in [1.807, 2.05) is 19.0 Å². The molecule has 2 N–H and O–H groups in total. The number of anilines is 3. The van der Waals surface area contributed by atoms with Crippen LogP contribution in [0.2, 0.25) is 0 Å². The molecular formula is C25H26F2N10O3. The maximum Gasteiger partial charge on any atom is 0.412 e. The molecule has 5 heterocycles. The van der Waals surface area contributed by atoms with Gasteiger partial charge in [0, 0.05) is 44.9 Å². The Morgan fingerprint density at radius 3 is 2.85 bits per heavy atom. The highest BCUT2D eigenvalue weighted by Gasteiger charge is 2.38. The minimum Gasteiger partial charge on any atom is -0.454 e. The number of hydrogen-bond acceptors (Lipinski definition) is 10. The number of ether oxygens (including phenoxy) is 2. The first kappa shape index (κ1) is 26.8. The van der Waals surface area contributed by atoms with Crippen molar-refractivity contribution in [1.29, 1.82) is 5.26 Å². The van der Waals surface area contributed by atoms with E-state index in [0.29, 0.717) is 30.8 Å². The Balaban J connectivity index is 1.36. The number of likely N-dealkylation sites (N-methyl/N-ethyl adjacent to an activating group) is 1. The molecule has 4 aromatic heterocycles. The summed E-state index contributed by atoms with van der Waals surface area (Å²) in [4.78, 5) is 26.7. The van der Waals surface area contributed by atoms with Crippen LogP contribution in [-0.4, -0.2) is 67.5 Å². The Kier molecular flexibility index (Phi) is 7.18. The molecule has 0 aromatic carbocycles. The number of amides is 1. The van der Waals surface area contributed by atoms with E-state index in [0.717, 1.165) is 0 Å². The van der Waals surface area contributed by atoms with Gasteiger partial charge in [-0.15, -0.1) is 0 Å². The van der Waals surface area contributed by atoms with Gasteiger partial charge in [-0.3, -0.25) is 10.00 Å². The summed E-state index contributed by atoms with van der Waals surface area (Å²) in [5, 5.41) is 19.7. The Labute approximate surface area is 227 Å². The van der Waals surface area contributed by atoms with E-state index >= 15 is 0 Å². The average molecular weight is 553 g/mol. The van der Waals surface area contributed by atoms with E-state index in [1.54, 1.807) is 17.7 Å². The molecule has 1 aliphatic heterocycles. The number of carbonyl (C=O) groups excluding carboxylic acids is 1. The van der Waals surface area contributed by atoms with Crippen molar-refractivity contribution in [2.45, 2.75) is 25.3 Å². The van der Waals surface area contributed by atoms with Gasteiger partial charge < -0.3 is 24.3 Å². The predicted octanol–water partition coefficient (Wildman–Crippen LogP) is 3.96.